The zero-order valence-electron chi connectivity index (χ0n) is 20.7. The number of rotatable bonds is 7. The van der Waals surface area contributed by atoms with Crippen molar-refractivity contribution in [1.29, 1.82) is 0 Å². The number of halogens is 1. The molecule has 0 radical (unpaired) electrons. The van der Waals surface area contributed by atoms with Crippen molar-refractivity contribution < 1.29 is 33.3 Å². The first-order valence-electron chi connectivity index (χ1n) is 11.7. The highest BCUT2D eigenvalue weighted by molar-refractivity contribution is 7.22. The predicted octanol–water partition coefficient (Wildman–Crippen LogP) is 5.48. The molecule has 1 aromatic heterocycles. The van der Waals surface area contributed by atoms with E-state index >= 15 is 0 Å². The number of Topliss-reactive ketones (excluding diaryl/α,β-unsaturated/α-hetero) is 1. The number of carbonyl (C=O) groups excluding carboxylic acids is 2. The quantitative estimate of drug-likeness (QED) is 0.191. The van der Waals surface area contributed by atoms with Gasteiger partial charge in [0.05, 0.1) is 36.6 Å². The molecular formula is C28H23FN2O6S. The summed E-state index contributed by atoms with van der Waals surface area (Å²) in [6.45, 7) is 2.37. The third-order valence-electron chi connectivity index (χ3n) is 6.16. The molecule has 3 aromatic carbocycles. The SMILES string of the molecule is CCOc1ccc2nc(N3C(=O)C(=O)/C(=C(/O)c4ccc(F)cc4)[C@H]3c3cc(OC)ccc3OC)sc2c1. The van der Waals surface area contributed by atoms with Gasteiger partial charge in [-0.15, -0.1) is 0 Å². The van der Waals surface area contributed by atoms with E-state index in [1.165, 1.54) is 42.6 Å². The second kappa shape index (κ2) is 10.1. The van der Waals surface area contributed by atoms with Crippen LogP contribution in [0.1, 0.15) is 24.1 Å². The normalized spacial score (nSPS) is 16.7. The molecule has 0 bridgehead atoms. The summed E-state index contributed by atoms with van der Waals surface area (Å²) in [5, 5.41) is 11.5. The first-order chi connectivity index (χ1) is 18.4. The average molecular weight is 535 g/mol. The van der Waals surface area contributed by atoms with E-state index in [1.807, 2.05) is 13.0 Å². The van der Waals surface area contributed by atoms with Gasteiger partial charge in [0.2, 0.25) is 0 Å². The number of benzene rings is 3. The largest absolute Gasteiger partial charge is 0.507 e. The Morgan fingerprint density at radius 3 is 2.45 bits per heavy atom. The molecule has 1 aliphatic rings. The lowest BCUT2D eigenvalue weighted by Crippen LogP contribution is -2.29. The van der Waals surface area contributed by atoms with Gasteiger partial charge < -0.3 is 19.3 Å². The lowest BCUT2D eigenvalue weighted by atomic mass is 9.94. The molecule has 1 aliphatic heterocycles. The minimum atomic E-state index is -1.10. The lowest BCUT2D eigenvalue weighted by Gasteiger charge is -2.25. The molecule has 0 spiro atoms. The van der Waals surface area contributed by atoms with E-state index < -0.39 is 29.3 Å². The highest BCUT2D eigenvalue weighted by atomic mass is 32.1. The summed E-state index contributed by atoms with van der Waals surface area (Å²) < 4.78 is 30.9. The molecule has 5 rings (SSSR count). The summed E-state index contributed by atoms with van der Waals surface area (Å²) in [6.07, 6.45) is 0. The van der Waals surface area contributed by atoms with Crippen molar-refractivity contribution in [2.75, 3.05) is 25.7 Å². The van der Waals surface area contributed by atoms with E-state index in [0.717, 1.165) is 16.8 Å². The van der Waals surface area contributed by atoms with Crippen molar-refractivity contribution in [3.8, 4) is 17.2 Å². The maximum Gasteiger partial charge on any atom is 0.301 e. The number of amides is 1. The number of aliphatic hydroxyl groups excluding tert-OH is 1. The van der Waals surface area contributed by atoms with Crippen molar-refractivity contribution in [2.45, 2.75) is 13.0 Å². The Morgan fingerprint density at radius 2 is 1.76 bits per heavy atom. The number of ketones is 1. The number of nitrogens with zero attached hydrogens (tertiary/aromatic N) is 2. The summed E-state index contributed by atoms with van der Waals surface area (Å²) >= 11 is 1.21. The Labute approximate surface area is 221 Å². The van der Waals surface area contributed by atoms with Crippen molar-refractivity contribution in [1.82, 2.24) is 4.98 Å². The number of aromatic nitrogens is 1. The van der Waals surface area contributed by atoms with E-state index in [-0.39, 0.29) is 16.3 Å². The molecule has 10 heteroatoms. The molecule has 1 atom stereocenters. The fourth-order valence-electron chi connectivity index (χ4n) is 4.39. The lowest BCUT2D eigenvalue weighted by molar-refractivity contribution is -0.132. The molecule has 4 aromatic rings. The summed E-state index contributed by atoms with van der Waals surface area (Å²) in [7, 11) is 2.95. The highest BCUT2D eigenvalue weighted by Gasteiger charge is 2.49. The van der Waals surface area contributed by atoms with Gasteiger partial charge in [0.1, 0.15) is 34.9 Å². The fraction of sp³-hybridized carbons (Fsp3) is 0.179. The number of carbonyl (C=O) groups is 2. The molecule has 38 heavy (non-hydrogen) atoms. The van der Waals surface area contributed by atoms with E-state index in [2.05, 4.69) is 4.98 Å². The maximum atomic E-state index is 13.6. The first kappa shape index (κ1) is 25.2. The fourth-order valence-corrected chi connectivity index (χ4v) is 5.41. The van der Waals surface area contributed by atoms with Crippen LogP contribution in [-0.2, 0) is 9.59 Å². The van der Waals surface area contributed by atoms with Crippen LogP contribution in [0.3, 0.4) is 0 Å². The van der Waals surface area contributed by atoms with Gasteiger partial charge in [-0.05, 0) is 67.6 Å². The Hall–Kier alpha value is -4.44. The zero-order chi connectivity index (χ0) is 27.0. The van der Waals surface area contributed by atoms with Crippen LogP contribution >= 0.6 is 11.3 Å². The Balaban J connectivity index is 1.75. The number of thiazole rings is 1. The van der Waals surface area contributed by atoms with Crippen LogP contribution in [0.25, 0.3) is 16.0 Å². The molecule has 1 saturated heterocycles. The highest BCUT2D eigenvalue weighted by Crippen LogP contribution is 2.47. The van der Waals surface area contributed by atoms with Gasteiger partial charge in [0.15, 0.2) is 5.13 Å². The van der Waals surface area contributed by atoms with E-state index in [0.29, 0.717) is 34.9 Å². The van der Waals surface area contributed by atoms with Gasteiger partial charge in [-0.3, -0.25) is 14.5 Å². The van der Waals surface area contributed by atoms with Crippen LogP contribution in [0.15, 0.2) is 66.2 Å². The van der Waals surface area contributed by atoms with Crippen LogP contribution in [0, 0.1) is 5.82 Å². The van der Waals surface area contributed by atoms with Gasteiger partial charge in [0.25, 0.3) is 5.78 Å². The van der Waals surface area contributed by atoms with Gasteiger partial charge >= 0.3 is 5.91 Å². The van der Waals surface area contributed by atoms with E-state index in [4.69, 9.17) is 14.2 Å². The number of fused-ring (bicyclic) bond motifs is 1. The monoisotopic (exact) mass is 534 g/mol. The van der Waals surface area contributed by atoms with Crippen molar-refractivity contribution in [3.05, 3.63) is 83.2 Å². The topological polar surface area (TPSA) is 98.2 Å². The summed E-state index contributed by atoms with van der Waals surface area (Å²) in [6, 6.07) is 14.2. The average Bonchev–Trinajstić information content (AvgIpc) is 3.46. The van der Waals surface area contributed by atoms with Crippen LogP contribution in [0.4, 0.5) is 9.52 Å². The summed E-state index contributed by atoms with van der Waals surface area (Å²) in [5.74, 6) is -1.25. The molecular weight excluding hydrogens is 511 g/mol. The third-order valence-corrected chi connectivity index (χ3v) is 7.18. The molecule has 0 unspecified atom stereocenters. The van der Waals surface area contributed by atoms with Crippen LogP contribution in [-0.4, -0.2) is 42.6 Å². The molecule has 1 N–H and O–H groups in total. The molecule has 1 fully saturated rings. The Kier molecular flexibility index (Phi) is 6.73. The molecule has 8 nitrogen and oxygen atoms in total. The van der Waals surface area contributed by atoms with Gasteiger partial charge in [-0.25, -0.2) is 9.37 Å². The third kappa shape index (κ3) is 4.32. The van der Waals surface area contributed by atoms with Gasteiger partial charge in [-0.2, -0.15) is 0 Å². The maximum absolute atomic E-state index is 13.6. The number of hydrogen-bond donors (Lipinski definition) is 1. The standard InChI is InChI=1S/C28H23FN2O6S/c1-4-37-18-9-11-20-22(14-18)38-28(30-20)31-24(19-13-17(35-2)10-12-21(19)36-3)23(26(33)27(31)34)25(32)15-5-7-16(29)8-6-15/h5-14,24,32H,4H2,1-3H3/b25-23+/t24-/m1/s1. The zero-order valence-corrected chi connectivity index (χ0v) is 21.5. The Morgan fingerprint density at radius 1 is 1.03 bits per heavy atom. The number of hydrogen-bond acceptors (Lipinski definition) is 8. The molecule has 1 amide bonds. The molecule has 194 valence electrons. The Bertz CT molecular complexity index is 1580. The van der Waals surface area contributed by atoms with Gasteiger partial charge in [0, 0.05) is 11.1 Å². The smallest absolute Gasteiger partial charge is 0.301 e. The summed E-state index contributed by atoms with van der Waals surface area (Å²) in [5.41, 5.74) is 1.03. The molecule has 0 aliphatic carbocycles. The molecule has 2 heterocycles. The van der Waals surface area contributed by atoms with Crippen LogP contribution in [0.2, 0.25) is 0 Å². The number of aliphatic hydroxyl groups is 1. The number of methoxy groups -OCH3 is 2. The second-order valence-corrected chi connectivity index (χ2v) is 9.35. The van der Waals surface area contributed by atoms with E-state index in [1.54, 1.807) is 30.3 Å². The van der Waals surface area contributed by atoms with E-state index in [9.17, 15) is 19.1 Å². The van der Waals surface area contributed by atoms with Crippen molar-refractivity contribution in [3.63, 3.8) is 0 Å². The van der Waals surface area contributed by atoms with Crippen LogP contribution in [0.5, 0.6) is 17.2 Å². The van der Waals surface area contributed by atoms with Crippen LogP contribution < -0.4 is 19.1 Å². The predicted molar refractivity (Wildman–Crippen MR) is 142 cm³/mol. The van der Waals surface area contributed by atoms with Crippen molar-refractivity contribution >= 4 is 44.1 Å². The molecule has 0 saturated carbocycles. The minimum absolute atomic E-state index is 0.178. The second-order valence-electron chi connectivity index (χ2n) is 8.34. The summed E-state index contributed by atoms with van der Waals surface area (Å²) in [4.78, 5) is 32.9. The van der Waals surface area contributed by atoms with Gasteiger partial charge in [-0.1, -0.05) is 11.3 Å². The minimum Gasteiger partial charge on any atom is -0.507 e. The number of anilines is 1. The number of ether oxygens (including phenoxy) is 3. The van der Waals surface area contributed by atoms with Crippen molar-refractivity contribution in [2.24, 2.45) is 0 Å². The first-order valence-corrected chi connectivity index (χ1v) is 12.5.